The van der Waals surface area contributed by atoms with Crippen LogP contribution < -0.4 is 0 Å². The van der Waals surface area contributed by atoms with Gasteiger partial charge in [-0.05, 0) is 32.1 Å². The number of hydrogen-bond acceptors (Lipinski definition) is 2. The molecule has 0 aliphatic carbocycles. The Labute approximate surface area is 106 Å². The quantitative estimate of drug-likeness (QED) is 0.415. The van der Waals surface area contributed by atoms with Gasteiger partial charge in [0.15, 0.2) is 6.29 Å². The molecule has 0 saturated carbocycles. The Morgan fingerprint density at radius 3 is 2.12 bits per heavy atom. The lowest BCUT2D eigenvalue weighted by Crippen LogP contribution is -2.24. The van der Waals surface area contributed by atoms with E-state index >= 15 is 0 Å². The van der Waals surface area contributed by atoms with E-state index in [0.717, 1.165) is 26.1 Å². The molecule has 0 aromatic rings. The monoisotopic (exact) mass is 240 g/mol. The summed E-state index contributed by atoms with van der Waals surface area (Å²) in [6.45, 7) is 5.51. The minimum atomic E-state index is 0.0938. The Kier molecular flexibility index (Phi) is 9.34. The summed E-state index contributed by atoms with van der Waals surface area (Å²) in [5.74, 6) is 0. The van der Waals surface area contributed by atoms with Gasteiger partial charge in [0.1, 0.15) is 0 Å². The SMILES string of the molecule is C=CCCCCCCCCCC1OCCCO1. The Morgan fingerprint density at radius 1 is 0.882 bits per heavy atom. The zero-order valence-electron chi connectivity index (χ0n) is 11.2. The summed E-state index contributed by atoms with van der Waals surface area (Å²) in [6, 6.07) is 0. The van der Waals surface area contributed by atoms with E-state index in [-0.39, 0.29) is 6.29 Å². The summed E-state index contributed by atoms with van der Waals surface area (Å²) < 4.78 is 11.0. The lowest BCUT2D eigenvalue weighted by Gasteiger charge is -2.22. The van der Waals surface area contributed by atoms with Crippen molar-refractivity contribution in [3.05, 3.63) is 12.7 Å². The van der Waals surface area contributed by atoms with Crippen molar-refractivity contribution in [2.24, 2.45) is 0 Å². The maximum absolute atomic E-state index is 5.52. The molecule has 1 heterocycles. The first kappa shape index (κ1) is 14.7. The molecular weight excluding hydrogens is 212 g/mol. The van der Waals surface area contributed by atoms with Crippen LogP contribution in [0.2, 0.25) is 0 Å². The minimum absolute atomic E-state index is 0.0938. The molecule has 0 unspecified atom stereocenters. The Hall–Kier alpha value is -0.340. The fraction of sp³-hybridized carbons (Fsp3) is 0.867. The second kappa shape index (κ2) is 10.8. The number of unbranched alkanes of at least 4 members (excludes halogenated alkanes) is 7. The number of rotatable bonds is 10. The van der Waals surface area contributed by atoms with Crippen molar-refractivity contribution in [3.8, 4) is 0 Å². The average Bonchev–Trinajstić information content (AvgIpc) is 2.38. The lowest BCUT2D eigenvalue weighted by atomic mass is 10.1. The van der Waals surface area contributed by atoms with Crippen LogP contribution in [-0.4, -0.2) is 19.5 Å². The van der Waals surface area contributed by atoms with Crippen LogP contribution in [0.15, 0.2) is 12.7 Å². The lowest BCUT2D eigenvalue weighted by molar-refractivity contribution is -0.181. The van der Waals surface area contributed by atoms with Crippen molar-refractivity contribution in [2.75, 3.05) is 13.2 Å². The minimum Gasteiger partial charge on any atom is -0.353 e. The summed E-state index contributed by atoms with van der Waals surface area (Å²) in [7, 11) is 0. The Morgan fingerprint density at radius 2 is 1.47 bits per heavy atom. The summed E-state index contributed by atoms with van der Waals surface area (Å²) in [6.07, 6.45) is 14.8. The molecule has 1 rings (SSSR count). The molecule has 1 aliphatic rings. The standard InChI is InChI=1S/C15H28O2/c1-2-3-4-5-6-7-8-9-10-12-15-16-13-11-14-17-15/h2,15H,1,3-14H2. The molecule has 1 saturated heterocycles. The molecule has 0 spiro atoms. The third-order valence-electron chi connectivity index (χ3n) is 3.24. The Bertz CT molecular complexity index is 174. The van der Waals surface area contributed by atoms with Crippen LogP contribution >= 0.6 is 0 Å². The van der Waals surface area contributed by atoms with Gasteiger partial charge in [-0.15, -0.1) is 6.58 Å². The van der Waals surface area contributed by atoms with Gasteiger partial charge in [-0.25, -0.2) is 0 Å². The molecule has 0 amide bonds. The summed E-state index contributed by atoms with van der Waals surface area (Å²) in [5.41, 5.74) is 0. The average molecular weight is 240 g/mol. The topological polar surface area (TPSA) is 18.5 Å². The first-order chi connectivity index (χ1) is 8.43. The highest BCUT2D eigenvalue weighted by Crippen LogP contribution is 2.14. The highest BCUT2D eigenvalue weighted by atomic mass is 16.7. The summed E-state index contributed by atoms with van der Waals surface area (Å²) >= 11 is 0. The van der Waals surface area contributed by atoms with Gasteiger partial charge in [-0.2, -0.15) is 0 Å². The molecule has 2 heteroatoms. The van der Waals surface area contributed by atoms with Crippen molar-refractivity contribution in [2.45, 2.75) is 70.5 Å². The normalized spacial score (nSPS) is 17.2. The van der Waals surface area contributed by atoms with E-state index in [1.165, 1.54) is 51.4 Å². The first-order valence-corrected chi connectivity index (χ1v) is 7.27. The van der Waals surface area contributed by atoms with E-state index in [0.29, 0.717) is 0 Å². The molecule has 100 valence electrons. The second-order valence-electron chi connectivity index (χ2n) is 4.87. The van der Waals surface area contributed by atoms with Gasteiger partial charge in [-0.1, -0.05) is 38.2 Å². The van der Waals surface area contributed by atoms with Crippen LogP contribution in [-0.2, 0) is 9.47 Å². The molecule has 2 nitrogen and oxygen atoms in total. The molecule has 0 aromatic heterocycles. The van der Waals surface area contributed by atoms with Gasteiger partial charge in [-0.3, -0.25) is 0 Å². The molecule has 1 aliphatic heterocycles. The zero-order valence-corrected chi connectivity index (χ0v) is 11.2. The number of hydrogen-bond donors (Lipinski definition) is 0. The van der Waals surface area contributed by atoms with Crippen LogP contribution in [0.4, 0.5) is 0 Å². The van der Waals surface area contributed by atoms with E-state index in [4.69, 9.17) is 9.47 Å². The molecule has 0 N–H and O–H groups in total. The van der Waals surface area contributed by atoms with Crippen molar-refractivity contribution < 1.29 is 9.47 Å². The van der Waals surface area contributed by atoms with Gasteiger partial charge < -0.3 is 9.47 Å². The van der Waals surface area contributed by atoms with E-state index in [9.17, 15) is 0 Å². The van der Waals surface area contributed by atoms with Gasteiger partial charge in [0.25, 0.3) is 0 Å². The van der Waals surface area contributed by atoms with E-state index < -0.39 is 0 Å². The summed E-state index contributed by atoms with van der Waals surface area (Å²) in [4.78, 5) is 0. The van der Waals surface area contributed by atoms with Crippen molar-refractivity contribution in [3.63, 3.8) is 0 Å². The molecule has 0 bridgehead atoms. The third kappa shape index (κ3) is 8.39. The van der Waals surface area contributed by atoms with E-state index in [1.54, 1.807) is 0 Å². The molecule has 1 fully saturated rings. The van der Waals surface area contributed by atoms with Crippen LogP contribution in [0.1, 0.15) is 64.2 Å². The fourth-order valence-corrected chi connectivity index (χ4v) is 2.19. The highest BCUT2D eigenvalue weighted by Gasteiger charge is 2.12. The van der Waals surface area contributed by atoms with E-state index in [2.05, 4.69) is 6.58 Å². The smallest absolute Gasteiger partial charge is 0.157 e. The second-order valence-corrected chi connectivity index (χ2v) is 4.87. The van der Waals surface area contributed by atoms with Crippen molar-refractivity contribution in [1.82, 2.24) is 0 Å². The molecule has 0 aromatic carbocycles. The molecule has 17 heavy (non-hydrogen) atoms. The number of allylic oxidation sites excluding steroid dienone is 1. The fourth-order valence-electron chi connectivity index (χ4n) is 2.19. The van der Waals surface area contributed by atoms with Crippen molar-refractivity contribution >= 4 is 0 Å². The maximum atomic E-state index is 5.52. The van der Waals surface area contributed by atoms with Gasteiger partial charge in [0, 0.05) is 0 Å². The molecule has 0 atom stereocenters. The third-order valence-corrected chi connectivity index (χ3v) is 3.24. The number of ether oxygens (including phenoxy) is 2. The molecular formula is C15H28O2. The largest absolute Gasteiger partial charge is 0.353 e. The van der Waals surface area contributed by atoms with Crippen LogP contribution in [0.3, 0.4) is 0 Å². The van der Waals surface area contributed by atoms with Crippen LogP contribution in [0.5, 0.6) is 0 Å². The first-order valence-electron chi connectivity index (χ1n) is 7.27. The van der Waals surface area contributed by atoms with Gasteiger partial charge >= 0.3 is 0 Å². The summed E-state index contributed by atoms with van der Waals surface area (Å²) in [5, 5.41) is 0. The zero-order chi connectivity index (χ0) is 12.2. The van der Waals surface area contributed by atoms with Crippen molar-refractivity contribution in [1.29, 1.82) is 0 Å². The predicted octanol–water partition coefficient (Wildman–Crippen LogP) is 4.45. The van der Waals surface area contributed by atoms with Crippen LogP contribution in [0, 0.1) is 0 Å². The van der Waals surface area contributed by atoms with Gasteiger partial charge in [0.2, 0.25) is 0 Å². The van der Waals surface area contributed by atoms with Gasteiger partial charge in [0.05, 0.1) is 13.2 Å². The maximum Gasteiger partial charge on any atom is 0.157 e. The molecule has 0 radical (unpaired) electrons. The van der Waals surface area contributed by atoms with Crippen LogP contribution in [0.25, 0.3) is 0 Å². The van der Waals surface area contributed by atoms with E-state index in [1.807, 2.05) is 6.08 Å². The predicted molar refractivity (Wildman–Crippen MR) is 72.1 cm³/mol. The Balaban J connectivity index is 1.76. The highest BCUT2D eigenvalue weighted by molar-refractivity contribution is 4.65.